The van der Waals surface area contributed by atoms with Gasteiger partial charge in [-0.05, 0) is 35.7 Å². The molecule has 1 heterocycles. The van der Waals surface area contributed by atoms with E-state index in [4.69, 9.17) is 0 Å². The van der Waals surface area contributed by atoms with E-state index >= 15 is 0 Å². The minimum atomic E-state index is 0.285. The standard InChI is InChI=1S/C19H24N2O/c1-20(12-15-10-11-19(22)21(2)13-15)14-17-8-5-7-16-6-3-4-9-18(16)17/h3-9,15H,10-14H2,1-2H3. The highest BCUT2D eigenvalue weighted by Gasteiger charge is 2.23. The Labute approximate surface area is 132 Å². The van der Waals surface area contributed by atoms with Crippen LogP contribution in [0.3, 0.4) is 0 Å². The van der Waals surface area contributed by atoms with E-state index in [9.17, 15) is 4.79 Å². The van der Waals surface area contributed by atoms with Gasteiger partial charge in [-0.2, -0.15) is 0 Å². The number of likely N-dealkylation sites (tertiary alicyclic amines) is 1. The first kappa shape index (κ1) is 15.0. The van der Waals surface area contributed by atoms with E-state index in [1.807, 2.05) is 11.9 Å². The zero-order chi connectivity index (χ0) is 15.5. The minimum absolute atomic E-state index is 0.285. The van der Waals surface area contributed by atoms with E-state index in [1.54, 1.807) is 0 Å². The molecule has 0 spiro atoms. The van der Waals surface area contributed by atoms with Crippen LogP contribution in [0.1, 0.15) is 18.4 Å². The van der Waals surface area contributed by atoms with Gasteiger partial charge in [-0.1, -0.05) is 42.5 Å². The summed E-state index contributed by atoms with van der Waals surface area (Å²) in [4.78, 5) is 15.8. The maximum Gasteiger partial charge on any atom is 0.222 e. The summed E-state index contributed by atoms with van der Waals surface area (Å²) in [5.74, 6) is 0.871. The zero-order valence-electron chi connectivity index (χ0n) is 13.5. The van der Waals surface area contributed by atoms with E-state index in [0.29, 0.717) is 12.3 Å². The molecule has 1 amide bonds. The Bertz CT molecular complexity index is 662. The molecule has 0 bridgehead atoms. The second-order valence-electron chi connectivity index (χ2n) is 6.51. The molecule has 1 unspecified atom stereocenters. The zero-order valence-corrected chi connectivity index (χ0v) is 13.5. The van der Waals surface area contributed by atoms with Crippen molar-refractivity contribution in [2.24, 2.45) is 5.92 Å². The van der Waals surface area contributed by atoms with Gasteiger partial charge in [-0.25, -0.2) is 0 Å². The normalized spacial score (nSPS) is 19.1. The largest absolute Gasteiger partial charge is 0.345 e. The van der Waals surface area contributed by atoms with Crippen molar-refractivity contribution in [1.82, 2.24) is 9.80 Å². The van der Waals surface area contributed by atoms with Gasteiger partial charge in [-0.15, -0.1) is 0 Å². The predicted octanol–water partition coefficient (Wildman–Crippen LogP) is 3.14. The lowest BCUT2D eigenvalue weighted by atomic mass is 9.97. The topological polar surface area (TPSA) is 23.6 Å². The van der Waals surface area contributed by atoms with Gasteiger partial charge >= 0.3 is 0 Å². The first-order valence-electron chi connectivity index (χ1n) is 8.02. The second kappa shape index (κ2) is 6.49. The Hall–Kier alpha value is -1.87. The number of hydrogen-bond acceptors (Lipinski definition) is 2. The average Bonchev–Trinajstić information content (AvgIpc) is 2.51. The number of carbonyl (C=O) groups excluding carboxylic acids is 1. The van der Waals surface area contributed by atoms with Crippen LogP contribution in [0.25, 0.3) is 10.8 Å². The average molecular weight is 296 g/mol. The van der Waals surface area contributed by atoms with Crippen molar-refractivity contribution < 1.29 is 4.79 Å². The third kappa shape index (κ3) is 3.30. The summed E-state index contributed by atoms with van der Waals surface area (Å²) in [6.45, 7) is 2.88. The third-order valence-electron chi connectivity index (χ3n) is 4.61. The van der Waals surface area contributed by atoms with Crippen LogP contribution in [0.5, 0.6) is 0 Å². The molecule has 0 radical (unpaired) electrons. The summed E-state index contributed by atoms with van der Waals surface area (Å²) in [7, 11) is 4.09. The van der Waals surface area contributed by atoms with Gasteiger partial charge in [0.2, 0.25) is 5.91 Å². The molecule has 3 nitrogen and oxygen atoms in total. The molecule has 0 saturated carbocycles. The van der Waals surface area contributed by atoms with Crippen molar-refractivity contribution in [3.63, 3.8) is 0 Å². The lowest BCUT2D eigenvalue weighted by Gasteiger charge is -2.32. The van der Waals surface area contributed by atoms with Crippen LogP contribution in [0, 0.1) is 5.92 Å². The summed E-state index contributed by atoms with van der Waals surface area (Å²) in [5.41, 5.74) is 1.38. The van der Waals surface area contributed by atoms with Crippen LogP contribution in [0.15, 0.2) is 42.5 Å². The van der Waals surface area contributed by atoms with Crippen LogP contribution in [0.4, 0.5) is 0 Å². The van der Waals surface area contributed by atoms with Crippen LogP contribution >= 0.6 is 0 Å². The van der Waals surface area contributed by atoms with E-state index in [0.717, 1.165) is 26.1 Å². The quantitative estimate of drug-likeness (QED) is 0.865. The third-order valence-corrected chi connectivity index (χ3v) is 4.61. The van der Waals surface area contributed by atoms with E-state index in [1.165, 1.54) is 16.3 Å². The Balaban J connectivity index is 1.66. The number of piperidine rings is 1. The molecule has 1 atom stereocenters. The first-order chi connectivity index (χ1) is 10.6. The van der Waals surface area contributed by atoms with Crippen LogP contribution in [0.2, 0.25) is 0 Å². The maximum atomic E-state index is 11.6. The first-order valence-corrected chi connectivity index (χ1v) is 8.02. The van der Waals surface area contributed by atoms with Crippen molar-refractivity contribution in [3.8, 4) is 0 Å². The molecule has 3 rings (SSSR count). The van der Waals surface area contributed by atoms with Gasteiger partial charge in [0.05, 0.1) is 0 Å². The van der Waals surface area contributed by atoms with Crippen molar-refractivity contribution in [2.75, 3.05) is 27.2 Å². The molecule has 116 valence electrons. The number of fused-ring (bicyclic) bond motifs is 1. The van der Waals surface area contributed by atoms with Crippen LogP contribution in [-0.2, 0) is 11.3 Å². The number of rotatable bonds is 4. The molecule has 2 aromatic rings. The minimum Gasteiger partial charge on any atom is -0.345 e. The van der Waals surface area contributed by atoms with Crippen molar-refractivity contribution in [2.45, 2.75) is 19.4 Å². The summed E-state index contributed by atoms with van der Waals surface area (Å²) in [6, 6.07) is 15.1. The van der Waals surface area contributed by atoms with Crippen molar-refractivity contribution in [1.29, 1.82) is 0 Å². The van der Waals surface area contributed by atoms with Gasteiger partial charge in [0.15, 0.2) is 0 Å². The molecule has 2 aromatic carbocycles. The molecule has 22 heavy (non-hydrogen) atoms. The van der Waals surface area contributed by atoms with E-state index in [-0.39, 0.29) is 5.91 Å². The Morgan fingerprint density at radius 2 is 1.95 bits per heavy atom. The lowest BCUT2D eigenvalue weighted by Crippen LogP contribution is -2.41. The van der Waals surface area contributed by atoms with Gasteiger partial charge in [0.1, 0.15) is 0 Å². The molecular formula is C19H24N2O. The van der Waals surface area contributed by atoms with Gasteiger partial charge in [0.25, 0.3) is 0 Å². The van der Waals surface area contributed by atoms with E-state index < -0.39 is 0 Å². The Kier molecular flexibility index (Phi) is 4.44. The monoisotopic (exact) mass is 296 g/mol. The highest BCUT2D eigenvalue weighted by atomic mass is 16.2. The maximum absolute atomic E-state index is 11.6. The Morgan fingerprint density at radius 1 is 1.18 bits per heavy atom. The van der Waals surface area contributed by atoms with Gasteiger partial charge in [-0.3, -0.25) is 4.79 Å². The smallest absolute Gasteiger partial charge is 0.222 e. The van der Waals surface area contributed by atoms with Gasteiger partial charge in [0, 0.05) is 33.1 Å². The fourth-order valence-electron chi connectivity index (χ4n) is 3.47. The fraction of sp³-hybridized carbons (Fsp3) is 0.421. The summed E-state index contributed by atoms with van der Waals surface area (Å²) in [6.07, 6.45) is 1.71. The molecule has 1 fully saturated rings. The fourth-order valence-corrected chi connectivity index (χ4v) is 3.47. The number of benzene rings is 2. The highest BCUT2D eigenvalue weighted by molar-refractivity contribution is 5.85. The predicted molar refractivity (Wildman–Crippen MR) is 90.6 cm³/mol. The second-order valence-corrected chi connectivity index (χ2v) is 6.51. The lowest BCUT2D eigenvalue weighted by molar-refractivity contribution is -0.133. The molecule has 1 aliphatic rings. The highest BCUT2D eigenvalue weighted by Crippen LogP contribution is 2.21. The molecule has 0 aliphatic carbocycles. The van der Waals surface area contributed by atoms with Crippen LogP contribution < -0.4 is 0 Å². The molecule has 0 N–H and O–H groups in total. The van der Waals surface area contributed by atoms with Crippen molar-refractivity contribution >= 4 is 16.7 Å². The molecular weight excluding hydrogens is 272 g/mol. The van der Waals surface area contributed by atoms with Gasteiger partial charge < -0.3 is 9.80 Å². The summed E-state index contributed by atoms with van der Waals surface area (Å²) in [5, 5.41) is 2.64. The summed E-state index contributed by atoms with van der Waals surface area (Å²) >= 11 is 0. The summed E-state index contributed by atoms with van der Waals surface area (Å²) < 4.78 is 0. The van der Waals surface area contributed by atoms with E-state index in [2.05, 4.69) is 54.4 Å². The number of carbonyl (C=O) groups is 1. The molecule has 3 heteroatoms. The van der Waals surface area contributed by atoms with Crippen LogP contribution in [-0.4, -0.2) is 42.9 Å². The molecule has 1 aliphatic heterocycles. The Morgan fingerprint density at radius 3 is 2.77 bits per heavy atom. The number of nitrogens with zero attached hydrogens (tertiary/aromatic N) is 2. The van der Waals surface area contributed by atoms with Crippen molar-refractivity contribution in [3.05, 3.63) is 48.0 Å². The SMILES string of the molecule is CN(Cc1cccc2ccccc12)CC1CCC(=O)N(C)C1. The number of amides is 1. The number of hydrogen-bond donors (Lipinski definition) is 0. The molecule has 1 saturated heterocycles. The molecule has 0 aromatic heterocycles.